The molecule has 2 aromatic heterocycles. The lowest BCUT2D eigenvalue weighted by atomic mass is 10.1. The van der Waals surface area contributed by atoms with Crippen LogP contribution in [0.4, 0.5) is 4.39 Å². The first-order valence-electron chi connectivity index (χ1n) is 8.07. The van der Waals surface area contributed by atoms with Gasteiger partial charge in [0.1, 0.15) is 17.7 Å². The Morgan fingerprint density at radius 3 is 2.81 bits per heavy atom. The molecule has 134 valence electrons. The van der Waals surface area contributed by atoms with Crippen LogP contribution in [0.3, 0.4) is 0 Å². The van der Waals surface area contributed by atoms with Gasteiger partial charge in [0.15, 0.2) is 5.82 Å². The first-order chi connectivity index (χ1) is 13.1. The number of nitrogens with one attached hydrogen (secondary N) is 1. The molecule has 0 amide bonds. The molecule has 0 spiro atoms. The van der Waals surface area contributed by atoms with Crippen LogP contribution < -0.4 is 5.43 Å². The Kier molecular flexibility index (Phi) is 4.47. The van der Waals surface area contributed by atoms with Crippen molar-refractivity contribution < 1.29 is 8.81 Å². The minimum absolute atomic E-state index is 0.185. The summed E-state index contributed by atoms with van der Waals surface area (Å²) in [7, 11) is 0. The van der Waals surface area contributed by atoms with E-state index < -0.39 is 0 Å². The number of rotatable bonds is 4. The molecule has 0 aliphatic heterocycles. The van der Waals surface area contributed by atoms with Gasteiger partial charge in [0.05, 0.1) is 17.2 Å². The van der Waals surface area contributed by atoms with Gasteiger partial charge in [-0.15, -0.1) is 0 Å². The van der Waals surface area contributed by atoms with Crippen molar-refractivity contribution in [2.75, 3.05) is 0 Å². The SMILES string of the molecule is O=c1c(C=Nn2c(Cc3ccc(F)cc3)n[nH]c2=S)coc2ccccc12. The second-order valence-corrected chi connectivity index (χ2v) is 6.21. The minimum atomic E-state index is -0.307. The van der Waals surface area contributed by atoms with E-state index in [1.54, 1.807) is 36.4 Å². The molecule has 0 aliphatic carbocycles. The Morgan fingerprint density at radius 2 is 2.00 bits per heavy atom. The van der Waals surface area contributed by atoms with Gasteiger partial charge in [-0.2, -0.15) is 14.9 Å². The van der Waals surface area contributed by atoms with E-state index in [0.717, 1.165) is 5.56 Å². The molecule has 0 fully saturated rings. The van der Waals surface area contributed by atoms with Crippen molar-refractivity contribution >= 4 is 29.4 Å². The topological polar surface area (TPSA) is 76.2 Å². The number of aromatic nitrogens is 3. The van der Waals surface area contributed by atoms with Crippen molar-refractivity contribution in [2.45, 2.75) is 6.42 Å². The lowest BCUT2D eigenvalue weighted by Gasteiger charge is -2.02. The summed E-state index contributed by atoms with van der Waals surface area (Å²) in [6.07, 6.45) is 3.15. The third-order valence-electron chi connectivity index (χ3n) is 4.01. The van der Waals surface area contributed by atoms with Gasteiger partial charge in [0.25, 0.3) is 0 Å². The molecular weight excluding hydrogens is 367 g/mol. The third-order valence-corrected chi connectivity index (χ3v) is 4.28. The van der Waals surface area contributed by atoms with Crippen LogP contribution in [0.2, 0.25) is 0 Å². The molecule has 2 aromatic carbocycles. The van der Waals surface area contributed by atoms with Crippen LogP contribution >= 0.6 is 12.2 Å². The second kappa shape index (κ2) is 7.08. The van der Waals surface area contributed by atoms with Crippen LogP contribution in [0.25, 0.3) is 11.0 Å². The quantitative estimate of drug-likeness (QED) is 0.433. The molecule has 0 saturated heterocycles. The standard InChI is InChI=1S/C19H13FN4O2S/c20-14-7-5-12(6-8-14)9-17-22-23-19(27)24(17)21-10-13-11-26-16-4-2-1-3-15(16)18(13)25/h1-8,10-11H,9H2,(H,23,27). The zero-order chi connectivity index (χ0) is 18.8. The summed E-state index contributed by atoms with van der Waals surface area (Å²) in [5.41, 5.74) is 1.48. The van der Waals surface area contributed by atoms with E-state index in [1.807, 2.05) is 0 Å². The highest BCUT2D eigenvalue weighted by Crippen LogP contribution is 2.11. The number of nitrogens with zero attached hydrogens (tertiary/aromatic N) is 3. The first-order valence-corrected chi connectivity index (χ1v) is 8.48. The van der Waals surface area contributed by atoms with Gasteiger partial charge < -0.3 is 4.42 Å². The van der Waals surface area contributed by atoms with Gasteiger partial charge in [-0.05, 0) is 42.0 Å². The lowest BCUT2D eigenvalue weighted by molar-refractivity contribution is 0.601. The molecule has 1 N–H and O–H groups in total. The number of para-hydroxylation sites is 1. The number of fused-ring (bicyclic) bond motifs is 1. The smallest absolute Gasteiger partial charge is 0.216 e. The van der Waals surface area contributed by atoms with Crippen molar-refractivity contribution in [1.82, 2.24) is 14.9 Å². The molecule has 4 aromatic rings. The maximum Gasteiger partial charge on any atom is 0.216 e. The molecule has 0 aliphatic rings. The van der Waals surface area contributed by atoms with Crippen molar-refractivity contribution in [2.24, 2.45) is 5.10 Å². The Balaban J connectivity index is 1.68. The van der Waals surface area contributed by atoms with Crippen LogP contribution in [0.5, 0.6) is 0 Å². The molecule has 0 bridgehead atoms. The summed E-state index contributed by atoms with van der Waals surface area (Å²) in [4.78, 5) is 12.5. The fourth-order valence-electron chi connectivity index (χ4n) is 2.64. The van der Waals surface area contributed by atoms with Gasteiger partial charge in [0.2, 0.25) is 10.2 Å². The van der Waals surface area contributed by atoms with E-state index in [9.17, 15) is 9.18 Å². The monoisotopic (exact) mass is 380 g/mol. The maximum absolute atomic E-state index is 13.1. The molecule has 4 rings (SSSR count). The second-order valence-electron chi connectivity index (χ2n) is 5.82. The van der Waals surface area contributed by atoms with Crippen molar-refractivity contribution in [1.29, 1.82) is 0 Å². The van der Waals surface area contributed by atoms with E-state index in [2.05, 4.69) is 15.3 Å². The number of benzene rings is 2. The predicted molar refractivity (Wildman–Crippen MR) is 102 cm³/mol. The highest BCUT2D eigenvalue weighted by molar-refractivity contribution is 7.71. The van der Waals surface area contributed by atoms with E-state index in [-0.39, 0.29) is 16.0 Å². The average molecular weight is 380 g/mol. The Hall–Kier alpha value is -3.39. The molecule has 27 heavy (non-hydrogen) atoms. The predicted octanol–water partition coefficient (Wildman–Crippen LogP) is 3.66. The summed E-state index contributed by atoms with van der Waals surface area (Å²) in [6, 6.07) is 13.1. The van der Waals surface area contributed by atoms with Gasteiger partial charge in [-0.1, -0.05) is 24.3 Å². The highest BCUT2D eigenvalue weighted by atomic mass is 32.1. The van der Waals surface area contributed by atoms with E-state index in [1.165, 1.54) is 29.3 Å². The molecule has 0 radical (unpaired) electrons. The van der Waals surface area contributed by atoms with Gasteiger partial charge in [-0.25, -0.2) is 4.39 Å². The molecule has 0 saturated carbocycles. The maximum atomic E-state index is 13.1. The summed E-state index contributed by atoms with van der Waals surface area (Å²) >= 11 is 5.20. The highest BCUT2D eigenvalue weighted by Gasteiger charge is 2.08. The number of hydrogen-bond donors (Lipinski definition) is 1. The number of hydrogen-bond acceptors (Lipinski definition) is 5. The molecule has 6 nitrogen and oxygen atoms in total. The van der Waals surface area contributed by atoms with Crippen LogP contribution in [0.1, 0.15) is 17.0 Å². The van der Waals surface area contributed by atoms with E-state index >= 15 is 0 Å². The summed E-state index contributed by atoms with van der Waals surface area (Å²) in [6.45, 7) is 0. The molecule has 2 heterocycles. The Labute approximate surface area is 157 Å². The molecule has 0 atom stereocenters. The van der Waals surface area contributed by atoms with Crippen LogP contribution in [0, 0.1) is 10.6 Å². The van der Waals surface area contributed by atoms with Crippen LogP contribution in [-0.4, -0.2) is 21.1 Å². The zero-order valence-corrected chi connectivity index (χ0v) is 14.7. The largest absolute Gasteiger partial charge is 0.463 e. The fraction of sp³-hybridized carbons (Fsp3) is 0.0526. The van der Waals surface area contributed by atoms with Crippen molar-refractivity contribution in [3.63, 3.8) is 0 Å². The molecule has 0 unspecified atom stereocenters. The first kappa shape index (κ1) is 17.0. The number of aromatic amines is 1. The zero-order valence-electron chi connectivity index (χ0n) is 13.9. The summed E-state index contributed by atoms with van der Waals surface area (Å²) in [5, 5.41) is 11.6. The van der Waals surface area contributed by atoms with Gasteiger partial charge >= 0.3 is 0 Å². The summed E-state index contributed by atoms with van der Waals surface area (Å²) < 4.78 is 20.2. The average Bonchev–Trinajstić information content (AvgIpc) is 3.03. The Bertz CT molecular complexity index is 1260. The summed E-state index contributed by atoms with van der Waals surface area (Å²) in [5.74, 6) is 0.228. The number of halogens is 1. The van der Waals surface area contributed by atoms with Crippen molar-refractivity contribution in [3.8, 4) is 0 Å². The lowest BCUT2D eigenvalue weighted by Crippen LogP contribution is -2.09. The van der Waals surface area contributed by atoms with Crippen LogP contribution in [-0.2, 0) is 6.42 Å². The fourth-order valence-corrected chi connectivity index (χ4v) is 2.84. The van der Waals surface area contributed by atoms with E-state index in [4.69, 9.17) is 16.6 Å². The molecule has 8 heteroatoms. The molecular formula is C19H13FN4O2S. The minimum Gasteiger partial charge on any atom is -0.463 e. The van der Waals surface area contributed by atoms with Gasteiger partial charge in [-0.3, -0.25) is 9.89 Å². The normalized spacial score (nSPS) is 11.4. The van der Waals surface area contributed by atoms with Crippen LogP contribution in [0.15, 0.2) is 69.1 Å². The van der Waals surface area contributed by atoms with Crippen molar-refractivity contribution in [3.05, 3.63) is 92.6 Å². The number of H-pyrrole nitrogens is 1. The van der Waals surface area contributed by atoms with Gasteiger partial charge in [0, 0.05) is 6.42 Å². The third kappa shape index (κ3) is 3.47. The van der Waals surface area contributed by atoms with E-state index in [0.29, 0.717) is 28.8 Å². The Morgan fingerprint density at radius 1 is 1.22 bits per heavy atom.